The molecule has 2 nitrogen and oxygen atoms in total. The van der Waals surface area contributed by atoms with Gasteiger partial charge in [-0.05, 0) is 45.2 Å². The Morgan fingerprint density at radius 2 is 2.18 bits per heavy atom. The second-order valence-corrected chi connectivity index (χ2v) is 5.36. The number of piperidine rings is 1. The molecule has 1 unspecified atom stereocenters. The second kappa shape index (κ2) is 5.05. The summed E-state index contributed by atoms with van der Waals surface area (Å²) in [4.78, 5) is 2.94. The van der Waals surface area contributed by atoms with Crippen LogP contribution < -0.4 is 10.6 Å². The topological polar surface area (TPSA) is 29.3 Å². The molecule has 92 valence electrons. The van der Waals surface area contributed by atoms with Crippen LogP contribution in [0.4, 0.5) is 5.69 Å². The first-order valence-electron chi connectivity index (χ1n) is 6.26. The van der Waals surface area contributed by atoms with Gasteiger partial charge < -0.3 is 10.6 Å². The summed E-state index contributed by atoms with van der Waals surface area (Å²) in [5.74, 6) is 0. The Morgan fingerprint density at radius 1 is 1.41 bits per heavy atom. The van der Waals surface area contributed by atoms with Crippen LogP contribution in [0.15, 0.2) is 18.2 Å². The molecule has 2 N–H and O–H groups in total. The summed E-state index contributed by atoms with van der Waals surface area (Å²) in [5.41, 5.74) is 9.28. The summed E-state index contributed by atoms with van der Waals surface area (Å²) in [6, 6.07) is 6.97. The number of anilines is 1. The van der Waals surface area contributed by atoms with E-state index in [0.717, 1.165) is 12.1 Å². The predicted molar refractivity (Wildman–Crippen MR) is 77.7 cm³/mol. The molecule has 1 aromatic carbocycles. The molecule has 1 fully saturated rings. The van der Waals surface area contributed by atoms with Gasteiger partial charge in [-0.15, -0.1) is 0 Å². The Bertz CT molecular complexity index is 428. The monoisotopic (exact) mass is 248 g/mol. The van der Waals surface area contributed by atoms with Crippen LogP contribution in [0.5, 0.6) is 0 Å². The van der Waals surface area contributed by atoms with E-state index in [1.165, 1.54) is 30.5 Å². The van der Waals surface area contributed by atoms with Crippen molar-refractivity contribution in [2.45, 2.75) is 39.2 Å². The van der Waals surface area contributed by atoms with Crippen LogP contribution in [-0.4, -0.2) is 17.6 Å². The molecule has 0 amide bonds. The van der Waals surface area contributed by atoms with E-state index in [-0.39, 0.29) is 0 Å². The molecule has 1 aliphatic rings. The second-order valence-electron chi connectivity index (χ2n) is 4.92. The molecular weight excluding hydrogens is 228 g/mol. The summed E-state index contributed by atoms with van der Waals surface area (Å²) in [6.07, 6.45) is 3.84. The van der Waals surface area contributed by atoms with Gasteiger partial charge >= 0.3 is 0 Å². The van der Waals surface area contributed by atoms with Gasteiger partial charge in [0.1, 0.15) is 4.99 Å². The van der Waals surface area contributed by atoms with Crippen LogP contribution in [0.1, 0.15) is 37.3 Å². The molecule has 0 aliphatic carbocycles. The van der Waals surface area contributed by atoms with Crippen molar-refractivity contribution in [1.29, 1.82) is 0 Å². The molecule has 3 heteroatoms. The highest BCUT2D eigenvalue weighted by Crippen LogP contribution is 2.28. The van der Waals surface area contributed by atoms with Crippen LogP contribution in [0, 0.1) is 6.92 Å². The number of hydrogen-bond donors (Lipinski definition) is 1. The fraction of sp³-hybridized carbons (Fsp3) is 0.500. The number of benzene rings is 1. The minimum Gasteiger partial charge on any atom is -0.389 e. The SMILES string of the molecule is Cc1ccc(N2CCCCC2C)c(C(N)=S)c1. The fourth-order valence-corrected chi connectivity index (χ4v) is 2.72. The Labute approximate surface area is 109 Å². The number of thiocarbonyl (C=S) groups is 1. The first-order valence-corrected chi connectivity index (χ1v) is 6.67. The summed E-state index contributed by atoms with van der Waals surface area (Å²) in [6.45, 7) is 5.47. The highest BCUT2D eigenvalue weighted by molar-refractivity contribution is 7.80. The molecule has 1 aliphatic heterocycles. The van der Waals surface area contributed by atoms with E-state index in [1.54, 1.807) is 0 Å². The van der Waals surface area contributed by atoms with Gasteiger partial charge in [-0.3, -0.25) is 0 Å². The van der Waals surface area contributed by atoms with E-state index in [0.29, 0.717) is 11.0 Å². The van der Waals surface area contributed by atoms with Crippen LogP contribution in [-0.2, 0) is 0 Å². The molecule has 2 rings (SSSR count). The van der Waals surface area contributed by atoms with Crippen LogP contribution in [0.3, 0.4) is 0 Å². The maximum Gasteiger partial charge on any atom is 0.106 e. The largest absolute Gasteiger partial charge is 0.389 e. The van der Waals surface area contributed by atoms with E-state index in [1.807, 2.05) is 0 Å². The summed E-state index contributed by atoms with van der Waals surface area (Å²) in [7, 11) is 0. The molecule has 1 aromatic rings. The number of hydrogen-bond acceptors (Lipinski definition) is 2. The molecule has 0 aromatic heterocycles. The number of aryl methyl sites for hydroxylation is 1. The minimum absolute atomic E-state index is 0.501. The maximum atomic E-state index is 5.84. The van der Waals surface area contributed by atoms with Crippen LogP contribution >= 0.6 is 12.2 Å². The zero-order valence-corrected chi connectivity index (χ0v) is 11.4. The standard InChI is InChI=1S/C14H20N2S/c1-10-6-7-13(12(9-10)14(15)17)16-8-4-3-5-11(16)2/h6-7,9,11H,3-5,8H2,1-2H3,(H2,15,17). The summed E-state index contributed by atoms with van der Waals surface area (Å²) >= 11 is 5.17. The van der Waals surface area contributed by atoms with E-state index in [4.69, 9.17) is 18.0 Å². The summed E-state index contributed by atoms with van der Waals surface area (Å²) < 4.78 is 0. The molecule has 1 atom stereocenters. The molecule has 0 bridgehead atoms. The highest BCUT2D eigenvalue weighted by atomic mass is 32.1. The number of rotatable bonds is 2. The van der Waals surface area contributed by atoms with Crippen molar-refractivity contribution in [3.8, 4) is 0 Å². The van der Waals surface area contributed by atoms with Gasteiger partial charge in [0.25, 0.3) is 0 Å². The lowest BCUT2D eigenvalue weighted by Crippen LogP contribution is -2.38. The number of nitrogens with zero attached hydrogens (tertiary/aromatic N) is 1. The Morgan fingerprint density at radius 3 is 2.82 bits per heavy atom. The van der Waals surface area contributed by atoms with Gasteiger partial charge in [0.2, 0.25) is 0 Å². The van der Waals surface area contributed by atoms with Gasteiger partial charge in [-0.1, -0.05) is 23.8 Å². The first kappa shape index (κ1) is 12.4. The van der Waals surface area contributed by atoms with Gasteiger partial charge in [0, 0.05) is 23.8 Å². The molecule has 1 heterocycles. The number of nitrogens with two attached hydrogens (primary N) is 1. The minimum atomic E-state index is 0.501. The molecule has 0 saturated carbocycles. The van der Waals surface area contributed by atoms with Gasteiger partial charge in [-0.2, -0.15) is 0 Å². The van der Waals surface area contributed by atoms with Crippen molar-refractivity contribution < 1.29 is 0 Å². The molecule has 1 saturated heterocycles. The van der Waals surface area contributed by atoms with Crippen molar-refractivity contribution >= 4 is 22.9 Å². The average Bonchev–Trinajstić information content (AvgIpc) is 2.30. The van der Waals surface area contributed by atoms with Crippen molar-refractivity contribution in [3.63, 3.8) is 0 Å². The Hall–Kier alpha value is -1.09. The third-order valence-corrected chi connectivity index (χ3v) is 3.75. The molecule has 0 radical (unpaired) electrons. The van der Waals surface area contributed by atoms with Crippen LogP contribution in [0.2, 0.25) is 0 Å². The quantitative estimate of drug-likeness (QED) is 0.816. The first-order chi connectivity index (χ1) is 8.09. The lowest BCUT2D eigenvalue weighted by Gasteiger charge is -2.36. The van der Waals surface area contributed by atoms with Crippen molar-refractivity contribution in [3.05, 3.63) is 29.3 Å². The van der Waals surface area contributed by atoms with Crippen LogP contribution in [0.25, 0.3) is 0 Å². The lowest BCUT2D eigenvalue weighted by molar-refractivity contribution is 0.484. The maximum absolute atomic E-state index is 5.84. The third-order valence-electron chi connectivity index (χ3n) is 3.53. The molecular formula is C14H20N2S. The van der Waals surface area contributed by atoms with Crippen molar-refractivity contribution in [2.75, 3.05) is 11.4 Å². The predicted octanol–water partition coefficient (Wildman–Crippen LogP) is 3.01. The normalized spacial score (nSPS) is 20.4. The van der Waals surface area contributed by atoms with Crippen molar-refractivity contribution in [1.82, 2.24) is 0 Å². The smallest absolute Gasteiger partial charge is 0.106 e. The van der Waals surface area contributed by atoms with Crippen molar-refractivity contribution in [2.24, 2.45) is 5.73 Å². The van der Waals surface area contributed by atoms with E-state index in [2.05, 4.69) is 36.9 Å². The average molecular weight is 248 g/mol. The Kier molecular flexibility index (Phi) is 3.67. The zero-order valence-electron chi connectivity index (χ0n) is 10.6. The molecule has 0 spiro atoms. The van der Waals surface area contributed by atoms with Gasteiger partial charge in [0.15, 0.2) is 0 Å². The van der Waals surface area contributed by atoms with E-state index >= 15 is 0 Å². The lowest BCUT2D eigenvalue weighted by atomic mass is 10.00. The third kappa shape index (κ3) is 2.60. The summed E-state index contributed by atoms with van der Waals surface area (Å²) in [5, 5.41) is 0. The zero-order chi connectivity index (χ0) is 12.4. The van der Waals surface area contributed by atoms with Gasteiger partial charge in [-0.25, -0.2) is 0 Å². The van der Waals surface area contributed by atoms with Gasteiger partial charge in [0.05, 0.1) is 0 Å². The molecule has 17 heavy (non-hydrogen) atoms. The fourth-order valence-electron chi connectivity index (χ4n) is 2.55. The van der Waals surface area contributed by atoms with E-state index < -0.39 is 0 Å². The van der Waals surface area contributed by atoms with E-state index in [9.17, 15) is 0 Å². The highest BCUT2D eigenvalue weighted by Gasteiger charge is 2.21. The Balaban J connectivity index is 2.39.